The molecule has 1 unspecified atom stereocenters. The molecule has 1 heterocycles. The van der Waals surface area contributed by atoms with Gasteiger partial charge in [0.2, 0.25) is 5.91 Å². The summed E-state index contributed by atoms with van der Waals surface area (Å²) in [7, 11) is 0. The van der Waals surface area contributed by atoms with Gasteiger partial charge in [-0.15, -0.1) is 0 Å². The van der Waals surface area contributed by atoms with Crippen molar-refractivity contribution in [3.8, 4) is 6.07 Å². The van der Waals surface area contributed by atoms with Crippen LogP contribution in [0.4, 0.5) is 11.4 Å². The number of rotatable bonds is 6. The number of aryl methyl sites for hydroxylation is 1. The summed E-state index contributed by atoms with van der Waals surface area (Å²) in [5.41, 5.74) is 3.99. The van der Waals surface area contributed by atoms with Crippen LogP contribution in [0.3, 0.4) is 0 Å². The number of carbonyl (C=O) groups excluding carboxylic acids is 2. The molecule has 0 spiro atoms. The summed E-state index contributed by atoms with van der Waals surface area (Å²) in [6.07, 6.45) is 0.364. The van der Waals surface area contributed by atoms with Crippen LogP contribution >= 0.6 is 35.0 Å². The molecule has 1 fully saturated rings. The molecule has 4 rings (SSSR count). The number of nitriles is 1. The predicted octanol–water partition coefficient (Wildman–Crippen LogP) is 7.49. The topological polar surface area (TPSA) is 73.2 Å². The normalized spacial score (nSPS) is 16.6. The summed E-state index contributed by atoms with van der Waals surface area (Å²) in [4.78, 5) is 28.4. The molecule has 8 heteroatoms. The minimum Gasteiger partial charge on any atom is -0.321 e. The van der Waals surface area contributed by atoms with E-state index in [0.29, 0.717) is 38.8 Å². The van der Waals surface area contributed by atoms with E-state index in [1.54, 1.807) is 18.2 Å². The van der Waals surface area contributed by atoms with E-state index in [1.807, 2.05) is 61.5 Å². The van der Waals surface area contributed by atoms with Gasteiger partial charge in [0.25, 0.3) is 5.91 Å². The molecule has 1 saturated heterocycles. The second-order valence-electron chi connectivity index (χ2n) is 9.09. The lowest BCUT2D eigenvalue weighted by atomic mass is 10.0. The molecular formula is C29H25Cl2N3O2S. The van der Waals surface area contributed by atoms with Gasteiger partial charge in [0, 0.05) is 11.4 Å². The largest absolute Gasteiger partial charge is 0.321 e. The van der Waals surface area contributed by atoms with E-state index in [0.717, 1.165) is 16.7 Å². The Balaban J connectivity index is 1.73. The van der Waals surface area contributed by atoms with Crippen molar-refractivity contribution in [3.63, 3.8) is 0 Å². The van der Waals surface area contributed by atoms with E-state index >= 15 is 0 Å². The maximum atomic E-state index is 13.7. The van der Waals surface area contributed by atoms with E-state index in [9.17, 15) is 14.9 Å². The van der Waals surface area contributed by atoms with Crippen molar-refractivity contribution in [2.24, 2.45) is 0 Å². The molecule has 37 heavy (non-hydrogen) atoms. The van der Waals surface area contributed by atoms with E-state index < -0.39 is 11.2 Å². The molecule has 0 aliphatic carbocycles. The fourth-order valence-corrected chi connectivity index (χ4v) is 5.66. The number of benzene rings is 3. The summed E-state index contributed by atoms with van der Waals surface area (Å²) in [5, 5.41) is 13.4. The number of amides is 2. The number of carbonyl (C=O) groups is 2. The first-order chi connectivity index (χ1) is 17.7. The average Bonchev–Trinajstić information content (AvgIpc) is 3.17. The molecule has 0 aromatic heterocycles. The van der Waals surface area contributed by atoms with E-state index in [4.69, 9.17) is 23.2 Å². The van der Waals surface area contributed by atoms with Crippen molar-refractivity contribution in [2.45, 2.75) is 38.4 Å². The first kappa shape index (κ1) is 26.8. The molecule has 0 bridgehead atoms. The van der Waals surface area contributed by atoms with E-state index in [-0.39, 0.29) is 11.5 Å². The van der Waals surface area contributed by atoms with Crippen molar-refractivity contribution in [1.82, 2.24) is 0 Å². The standard InChI is InChI=1S/C29H25Cl2N3O2S/c1-17(2)20-8-10-22(11-9-20)34-28(36)26(15-19-7-12-24(30)25(31)14-19)37-29(34)23(16-32)27(35)33-21-6-4-5-18(3)13-21/h4-14,17,26H,15H2,1-3H3,(H,33,35)/b29-23-. The van der Waals surface area contributed by atoms with Gasteiger partial charge in [0.15, 0.2) is 0 Å². The highest BCUT2D eigenvalue weighted by molar-refractivity contribution is 8.05. The number of nitrogens with one attached hydrogen (secondary N) is 1. The maximum absolute atomic E-state index is 13.7. The molecular weight excluding hydrogens is 525 g/mol. The molecule has 1 atom stereocenters. The van der Waals surface area contributed by atoms with Gasteiger partial charge in [-0.25, -0.2) is 0 Å². The molecule has 3 aromatic carbocycles. The van der Waals surface area contributed by atoms with Gasteiger partial charge in [0.1, 0.15) is 16.7 Å². The van der Waals surface area contributed by atoms with Crippen molar-refractivity contribution in [1.29, 1.82) is 5.26 Å². The minimum atomic E-state index is -0.567. The average molecular weight is 551 g/mol. The first-order valence-electron chi connectivity index (χ1n) is 11.7. The first-order valence-corrected chi connectivity index (χ1v) is 13.4. The molecule has 1 aliphatic rings. The third kappa shape index (κ3) is 6.02. The van der Waals surface area contributed by atoms with Gasteiger partial charge in [0.05, 0.1) is 15.3 Å². The summed E-state index contributed by atoms with van der Waals surface area (Å²) >= 11 is 13.5. The Bertz CT molecular complexity index is 1430. The number of hydrogen-bond donors (Lipinski definition) is 1. The zero-order chi connectivity index (χ0) is 26.7. The number of hydrogen-bond acceptors (Lipinski definition) is 4. The maximum Gasteiger partial charge on any atom is 0.269 e. The minimum absolute atomic E-state index is 0.121. The van der Waals surface area contributed by atoms with Gasteiger partial charge < -0.3 is 5.32 Å². The summed E-state index contributed by atoms with van der Waals surface area (Å²) in [6, 6.07) is 22.2. The van der Waals surface area contributed by atoms with Gasteiger partial charge in [-0.3, -0.25) is 14.5 Å². The summed E-state index contributed by atoms with van der Waals surface area (Å²) < 4.78 is 0. The van der Waals surface area contributed by atoms with E-state index in [1.165, 1.54) is 16.7 Å². The second-order valence-corrected chi connectivity index (χ2v) is 11.1. The van der Waals surface area contributed by atoms with Gasteiger partial charge in [-0.05, 0) is 72.4 Å². The molecule has 188 valence electrons. The van der Waals surface area contributed by atoms with Gasteiger partial charge >= 0.3 is 0 Å². The Kier molecular flexibility index (Phi) is 8.29. The zero-order valence-electron chi connectivity index (χ0n) is 20.6. The van der Waals surface area contributed by atoms with Crippen molar-refractivity contribution < 1.29 is 9.59 Å². The van der Waals surface area contributed by atoms with Crippen LogP contribution in [0.2, 0.25) is 10.0 Å². The van der Waals surface area contributed by atoms with Gasteiger partial charge in [-0.1, -0.05) is 79.1 Å². The smallest absolute Gasteiger partial charge is 0.269 e. The summed E-state index contributed by atoms with van der Waals surface area (Å²) in [6.45, 7) is 6.10. The lowest BCUT2D eigenvalue weighted by molar-refractivity contribution is -0.117. The Labute approximate surface area is 231 Å². The van der Waals surface area contributed by atoms with Crippen molar-refractivity contribution >= 4 is 58.2 Å². The van der Waals surface area contributed by atoms with Crippen LogP contribution in [0.15, 0.2) is 77.3 Å². The van der Waals surface area contributed by atoms with Crippen LogP contribution in [-0.2, 0) is 16.0 Å². The Morgan fingerprint density at radius 3 is 2.43 bits per heavy atom. The highest BCUT2D eigenvalue weighted by Gasteiger charge is 2.41. The predicted molar refractivity (Wildman–Crippen MR) is 152 cm³/mol. The Morgan fingerprint density at radius 1 is 1.08 bits per heavy atom. The molecule has 3 aromatic rings. The second kappa shape index (κ2) is 11.4. The third-order valence-electron chi connectivity index (χ3n) is 6.00. The van der Waals surface area contributed by atoms with E-state index in [2.05, 4.69) is 19.2 Å². The number of halogens is 2. The summed E-state index contributed by atoms with van der Waals surface area (Å²) in [5.74, 6) is -0.452. The van der Waals surface area contributed by atoms with Crippen LogP contribution in [0, 0.1) is 18.3 Å². The molecule has 0 saturated carbocycles. The highest BCUT2D eigenvalue weighted by atomic mass is 35.5. The van der Waals surface area contributed by atoms with Crippen LogP contribution in [0.1, 0.15) is 36.5 Å². The van der Waals surface area contributed by atoms with Crippen LogP contribution in [0.25, 0.3) is 0 Å². The fraction of sp³-hybridized carbons (Fsp3) is 0.207. The third-order valence-corrected chi connectivity index (χ3v) is 8.01. The molecule has 2 amide bonds. The SMILES string of the molecule is Cc1cccc(NC(=O)/C(C#N)=C2\SC(Cc3ccc(Cl)c(Cl)c3)C(=O)N2c2ccc(C(C)C)cc2)c1. The lowest BCUT2D eigenvalue weighted by Gasteiger charge is -2.19. The van der Waals surface area contributed by atoms with Crippen molar-refractivity contribution in [3.05, 3.63) is 104 Å². The molecule has 5 nitrogen and oxygen atoms in total. The van der Waals surface area contributed by atoms with Crippen LogP contribution in [-0.4, -0.2) is 17.1 Å². The molecule has 0 radical (unpaired) electrons. The monoisotopic (exact) mass is 549 g/mol. The Hall–Kier alpha value is -3.24. The zero-order valence-corrected chi connectivity index (χ0v) is 22.9. The number of nitrogens with zero attached hydrogens (tertiary/aromatic N) is 2. The number of anilines is 2. The quantitative estimate of drug-likeness (QED) is 0.255. The highest BCUT2D eigenvalue weighted by Crippen LogP contribution is 2.42. The molecule has 1 N–H and O–H groups in total. The van der Waals surface area contributed by atoms with Gasteiger partial charge in [-0.2, -0.15) is 5.26 Å². The Morgan fingerprint density at radius 2 is 1.81 bits per heavy atom. The number of thioether (sulfide) groups is 1. The van der Waals surface area contributed by atoms with Crippen LogP contribution in [0.5, 0.6) is 0 Å². The fourth-order valence-electron chi connectivity index (χ4n) is 4.03. The molecule has 1 aliphatic heterocycles. The lowest BCUT2D eigenvalue weighted by Crippen LogP contribution is -2.31. The van der Waals surface area contributed by atoms with Crippen LogP contribution < -0.4 is 10.2 Å². The van der Waals surface area contributed by atoms with Crippen molar-refractivity contribution in [2.75, 3.05) is 10.2 Å².